The monoisotopic (exact) mass is 372 g/mol. The molecule has 2 fully saturated rings. The lowest BCUT2D eigenvalue weighted by atomic mass is 9.96. The van der Waals surface area contributed by atoms with E-state index in [2.05, 4.69) is 0 Å². The van der Waals surface area contributed by atoms with E-state index in [1.54, 1.807) is 16.7 Å². The van der Waals surface area contributed by atoms with E-state index in [9.17, 15) is 14.4 Å². The lowest BCUT2D eigenvalue weighted by molar-refractivity contribution is -0.152. The third-order valence-corrected chi connectivity index (χ3v) is 5.43. The van der Waals surface area contributed by atoms with Crippen LogP contribution in [0.25, 0.3) is 0 Å². The number of likely N-dealkylation sites (tertiary alicyclic amines) is 2. The number of benzene rings is 1. The van der Waals surface area contributed by atoms with E-state index in [1.165, 1.54) is 5.56 Å². The first-order valence-electron chi connectivity index (χ1n) is 9.85. The molecule has 146 valence electrons. The summed E-state index contributed by atoms with van der Waals surface area (Å²) in [5.74, 6) is -0.715. The Hall–Kier alpha value is -2.37. The lowest BCUT2D eigenvalue weighted by Crippen LogP contribution is -2.45. The molecule has 0 saturated carbocycles. The minimum atomic E-state index is -0.297. The molecule has 1 aromatic rings. The molecule has 2 aliphatic rings. The van der Waals surface area contributed by atoms with Gasteiger partial charge in [-0.05, 0) is 31.7 Å². The van der Waals surface area contributed by atoms with Gasteiger partial charge in [-0.3, -0.25) is 14.4 Å². The summed E-state index contributed by atoms with van der Waals surface area (Å²) < 4.78 is 5.10. The topological polar surface area (TPSA) is 66.9 Å². The fourth-order valence-corrected chi connectivity index (χ4v) is 3.95. The molecule has 0 aromatic heterocycles. The van der Waals surface area contributed by atoms with Crippen molar-refractivity contribution in [1.82, 2.24) is 9.80 Å². The van der Waals surface area contributed by atoms with Crippen molar-refractivity contribution in [2.45, 2.75) is 32.6 Å². The first kappa shape index (κ1) is 19.4. The van der Waals surface area contributed by atoms with E-state index in [4.69, 9.17) is 4.74 Å². The molecule has 6 nitrogen and oxygen atoms in total. The minimum absolute atomic E-state index is 0.000408. The van der Waals surface area contributed by atoms with Crippen LogP contribution in [0.15, 0.2) is 30.3 Å². The fourth-order valence-electron chi connectivity index (χ4n) is 3.95. The molecule has 27 heavy (non-hydrogen) atoms. The van der Waals surface area contributed by atoms with Crippen LogP contribution in [0.5, 0.6) is 0 Å². The van der Waals surface area contributed by atoms with E-state index in [-0.39, 0.29) is 36.0 Å². The normalized spacial score (nSPS) is 22.8. The van der Waals surface area contributed by atoms with Crippen molar-refractivity contribution in [3.63, 3.8) is 0 Å². The standard InChI is InChI=1S/C21H28N2O4/c1-2-27-21(26)17-9-6-11-23(14-17)20(25)18-13-19(24)22(15-18)12-10-16-7-4-3-5-8-16/h3-5,7-8,17-18H,2,6,9-15H2,1H3/t17-,18+/m1/s1. The summed E-state index contributed by atoms with van der Waals surface area (Å²) in [5.41, 5.74) is 1.19. The van der Waals surface area contributed by atoms with Crippen molar-refractivity contribution in [3.8, 4) is 0 Å². The zero-order valence-electron chi connectivity index (χ0n) is 15.9. The minimum Gasteiger partial charge on any atom is -0.466 e. The lowest BCUT2D eigenvalue weighted by Gasteiger charge is -2.33. The van der Waals surface area contributed by atoms with Crippen LogP contribution in [0.3, 0.4) is 0 Å². The van der Waals surface area contributed by atoms with Gasteiger partial charge < -0.3 is 14.5 Å². The van der Waals surface area contributed by atoms with Crippen molar-refractivity contribution < 1.29 is 19.1 Å². The molecule has 2 saturated heterocycles. The van der Waals surface area contributed by atoms with Gasteiger partial charge in [-0.15, -0.1) is 0 Å². The zero-order valence-corrected chi connectivity index (χ0v) is 15.9. The van der Waals surface area contributed by atoms with Crippen LogP contribution in [0.2, 0.25) is 0 Å². The first-order valence-corrected chi connectivity index (χ1v) is 9.85. The predicted molar refractivity (Wildman–Crippen MR) is 101 cm³/mol. The van der Waals surface area contributed by atoms with Crippen molar-refractivity contribution in [2.75, 3.05) is 32.8 Å². The second-order valence-corrected chi connectivity index (χ2v) is 7.35. The van der Waals surface area contributed by atoms with Crippen LogP contribution < -0.4 is 0 Å². The summed E-state index contributed by atoms with van der Waals surface area (Å²) in [6.45, 7) is 4.33. The molecule has 0 unspecified atom stereocenters. The molecule has 0 radical (unpaired) electrons. The molecular weight excluding hydrogens is 344 g/mol. The van der Waals surface area contributed by atoms with E-state index in [1.807, 2.05) is 30.3 Å². The van der Waals surface area contributed by atoms with Gasteiger partial charge in [-0.25, -0.2) is 0 Å². The van der Waals surface area contributed by atoms with Gasteiger partial charge in [0.2, 0.25) is 11.8 Å². The molecular formula is C21H28N2O4. The average molecular weight is 372 g/mol. The number of carbonyl (C=O) groups is 3. The van der Waals surface area contributed by atoms with Crippen molar-refractivity contribution >= 4 is 17.8 Å². The van der Waals surface area contributed by atoms with Gasteiger partial charge in [-0.1, -0.05) is 30.3 Å². The molecule has 3 rings (SSSR count). The number of hydrogen-bond donors (Lipinski definition) is 0. The van der Waals surface area contributed by atoms with E-state index in [0.717, 1.165) is 19.3 Å². The van der Waals surface area contributed by atoms with Crippen LogP contribution in [0.1, 0.15) is 31.7 Å². The highest BCUT2D eigenvalue weighted by atomic mass is 16.5. The van der Waals surface area contributed by atoms with Crippen LogP contribution in [0, 0.1) is 11.8 Å². The summed E-state index contributed by atoms with van der Waals surface area (Å²) in [6, 6.07) is 10.0. The third-order valence-electron chi connectivity index (χ3n) is 5.43. The number of esters is 1. The third kappa shape index (κ3) is 4.87. The van der Waals surface area contributed by atoms with Crippen molar-refractivity contribution in [1.29, 1.82) is 0 Å². The molecule has 0 spiro atoms. The molecule has 6 heteroatoms. The SMILES string of the molecule is CCOC(=O)[C@@H]1CCCN(C(=O)[C@H]2CC(=O)N(CCc3ccccc3)C2)C1. The second-order valence-electron chi connectivity index (χ2n) is 7.35. The Balaban J connectivity index is 1.53. The predicted octanol–water partition coefficient (Wildman–Crippen LogP) is 1.88. The maximum Gasteiger partial charge on any atom is 0.310 e. The summed E-state index contributed by atoms with van der Waals surface area (Å²) in [5, 5.41) is 0. The molecule has 2 aliphatic heterocycles. The van der Waals surface area contributed by atoms with Crippen LogP contribution in [-0.2, 0) is 25.5 Å². The van der Waals surface area contributed by atoms with Gasteiger partial charge in [0.05, 0.1) is 18.4 Å². The number of ether oxygens (including phenoxy) is 1. The number of nitrogens with zero attached hydrogens (tertiary/aromatic N) is 2. The molecule has 2 heterocycles. The van der Waals surface area contributed by atoms with Gasteiger partial charge >= 0.3 is 5.97 Å². The number of piperidine rings is 1. The van der Waals surface area contributed by atoms with Crippen molar-refractivity contribution in [2.24, 2.45) is 11.8 Å². The number of carbonyl (C=O) groups excluding carboxylic acids is 3. The first-order chi connectivity index (χ1) is 13.1. The summed E-state index contributed by atoms with van der Waals surface area (Å²) in [6.07, 6.45) is 2.62. The van der Waals surface area contributed by atoms with Crippen LogP contribution in [-0.4, -0.2) is 60.4 Å². The van der Waals surface area contributed by atoms with Crippen LogP contribution in [0.4, 0.5) is 0 Å². The van der Waals surface area contributed by atoms with E-state index in [0.29, 0.717) is 32.8 Å². The van der Waals surface area contributed by atoms with Gasteiger partial charge in [0.15, 0.2) is 0 Å². The molecule has 0 N–H and O–H groups in total. The van der Waals surface area contributed by atoms with E-state index < -0.39 is 0 Å². The van der Waals surface area contributed by atoms with Gasteiger partial charge in [0.25, 0.3) is 0 Å². The largest absolute Gasteiger partial charge is 0.466 e. The molecule has 0 aliphatic carbocycles. The Morgan fingerprint density at radius 3 is 2.67 bits per heavy atom. The molecule has 0 bridgehead atoms. The Morgan fingerprint density at radius 2 is 1.93 bits per heavy atom. The zero-order chi connectivity index (χ0) is 19.2. The molecule has 1 aromatic carbocycles. The number of hydrogen-bond acceptors (Lipinski definition) is 4. The quantitative estimate of drug-likeness (QED) is 0.715. The summed E-state index contributed by atoms with van der Waals surface area (Å²) in [4.78, 5) is 40.8. The average Bonchev–Trinajstić information content (AvgIpc) is 3.07. The van der Waals surface area contributed by atoms with Gasteiger partial charge in [0, 0.05) is 32.6 Å². The maximum absolute atomic E-state index is 12.9. The van der Waals surface area contributed by atoms with Gasteiger partial charge in [-0.2, -0.15) is 0 Å². The van der Waals surface area contributed by atoms with Crippen LogP contribution >= 0.6 is 0 Å². The Labute approximate surface area is 160 Å². The Morgan fingerprint density at radius 1 is 1.15 bits per heavy atom. The Kier molecular flexibility index (Phi) is 6.48. The van der Waals surface area contributed by atoms with Gasteiger partial charge in [0.1, 0.15) is 0 Å². The highest BCUT2D eigenvalue weighted by Crippen LogP contribution is 2.24. The Bertz CT molecular complexity index is 676. The molecule has 2 atom stereocenters. The van der Waals surface area contributed by atoms with E-state index >= 15 is 0 Å². The fraction of sp³-hybridized carbons (Fsp3) is 0.571. The smallest absolute Gasteiger partial charge is 0.310 e. The highest BCUT2D eigenvalue weighted by Gasteiger charge is 2.38. The number of rotatable bonds is 6. The summed E-state index contributed by atoms with van der Waals surface area (Å²) in [7, 11) is 0. The molecule has 2 amide bonds. The highest BCUT2D eigenvalue weighted by molar-refractivity contribution is 5.89. The van der Waals surface area contributed by atoms with Crippen molar-refractivity contribution in [3.05, 3.63) is 35.9 Å². The number of amides is 2. The maximum atomic E-state index is 12.9. The second kappa shape index (κ2) is 9.02. The summed E-state index contributed by atoms with van der Waals surface area (Å²) >= 11 is 0.